The summed E-state index contributed by atoms with van der Waals surface area (Å²) in [6, 6.07) is 10.2. The summed E-state index contributed by atoms with van der Waals surface area (Å²) in [6.45, 7) is 3.75. The minimum Gasteiger partial charge on any atom is -0.339 e. The quantitative estimate of drug-likeness (QED) is 0.783. The van der Waals surface area contributed by atoms with Gasteiger partial charge in [-0.25, -0.2) is 4.98 Å². The van der Waals surface area contributed by atoms with Gasteiger partial charge in [-0.05, 0) is 30.4 Å². The average Bonchev–Trinajstić information content (AvgIpc) is 3.15. The van der Waals surface area contributed by atoms with Crippen LogP contribution in [0.25, 0.3) is 5.57 Å². The van der Waals surface area contributed by atoms with Crippen LogP contribution in [0.4, 0.5) is 0 Å². The molecule has 1 amide bonds. The lowest BCUT2D eigenvalue weighted by molar-refractivity contribution is -0.127. The molecule has 120 valence electrons. The summed E-state index contributed by atoms with van der Waals surface area (Å²) in [7, 11) is 0. The minimum absolute atomic E-state index is 0.142. The Labute approximate surface area is 141 Å². The Morgan fingerprint density at radius 1 is 1.30 bits per heavy atom. The first-order chi connectivity index (χ1) is 11.3. The Morgan fingerprint density at radius 3 is 2.65 bits per heavy atom. The molecule has 3 nitrogen and oxygen atoms in total. The number of carbonyl (C=O) groups is 1. The molecule has 3 rings (SSSR count). The van der Waals surface area contributed by atoms with E-state index in [1.807, 2.05) is 40.8 Å². The molecule has 0 unspecified atom stereocenters. The van der Waals surface area contributed by atoms with Gasteiger partial charge >= 0.3 is 0 Å². The summed E-state index contributed by atoms with van der Waals surface area (Å²) in [5.41, 5.74) is 2.25. The number of carbonyl (C=O) groups excluding carboxylic acids is 1. The van der Waals surface area contributed by atoms with Crippen LogP contribution in [0.5, 0.6) is 0 Å². The van der Waals surface area contributed by atoms with Gasteiger partial charge in [-0.1, -0.05) is 37.3 Å². The van der Waals surface area contributed by atoms with Crippen LogP contribution < -0.4 is 0 Å². The maximum atomic E-state index is 12.6. The van der Waals surface area contributed by atoms with Gasteiger partial charge in [-0.2, -0.15) is 0 Å². The molecule has 2 heterocycles. The second-order valence-corrected chi connectivity index (χ2v) is 6.79. The van der Waals surface area contributed by atoms with Crippen molar-refractivity contribution < 1.29 is 4.79 Å². The van der Waals surface area contributed by atoms with E-state index in [0.29, 0.717) is 5.92 Å². The van der Waals surface area contributed by atoms with E-state index in [9.17, 15) is 4.79 Å². The predicted octanol–water partition coefficient (Wildman–Crippen LogP) is 4.34. The maximum absolute atomic E-state index is 12.6. The molecule has 0 aliphatic carbocycles. The highest BCUT2D eigenvalue weighted by atomic mass is 32.1. The van der Waals surface area contributed by atoms with Crippen LogP contribution in [-0.4, -0.2) is 28.9 Å². The van der Waals surface area contributed by atoms with E-state index in [1.165, 1.54) is 5.01 Å². The van der Waals surface area contributed by atoms with Gasteiger partial charge in [0.05, 0.1) is 5.01 Å². The van der Waals surface area contributed by atoms with E-state index in [1.54, 1.807) is 11.3 Å². The topological polar surface area (TPSA) is 33.2 Å². The fraction of sp³-hybridized carbons (Fsp3) is 0.368. The third kappa shape index (κ3) is 3.88. The maximum Gasteiger partial charge on any atom is 0.246 e. The molecule has 0 spiro atoms. The van der Waals surface area contributed by atoms with Gasteiger partial charge < -0.3 is 4.90 Å². The van der Waals surface area contributed by atoms with Crippen molar-refractivity contribution in [3.8, 4) is 0 Å². The number of nitrogens with zero attached hydrogens (tertiary/aromatic N) is 2. The van der Waals surface area contributed by atoms with Crippen LogP contribution in [0.1, 0.15) is 42.7 Å². The van der Waals surface area contributed by atoms with Crippen molar-refractivity contribution in [1.82, 2.24) is 9.88 Å². The van der Waals surface area contributed by atoms with Gasteiger partial charge in [-0.15, -0.1) is 11.3 Å². The largest absolute Gasteiger partial charge is 0.339 e. The zero-order valence-corrected chi connectivity index (χ0v) is 14.3. The third-order valence-corrected chi connectivity index (χ3v) is 5.37. The molecule has 0 radical (unpaired) electrons. The predicted molar refractivity (Wildman–Crippen MR) is 95.4 cm³/mol. The van der Waals surface area contributed by atoms with Gasteiger partial charge in [0.25, 0.3) is 0 Å². The first-order valence-electron chi connectivity index (χ1n) is 8.22. The highest BCUT2D eigenvalue weighted by Gasteiger charge is 2.24. The number of thiazole rings is 1. The second-order valence-electron chi connectivity index (χ2n) is 5.86. The molecule has 4 heteroatoms. The number of amides is 1. The van der Waals surface area contributed by atoms with Crippen molar-refractivity contribution in [2.24, 2.45) is 0 Å². The van der Waals surface area contributed by atoms with Gasteiger partial charge in [0.2, 0.25) is 5.91 Å². The lowest BCUT2D eigenvalue weighted by atomic mass is 9.97. The number of aromatic nitrogens is 1. The lowest BCUT2D eigenvalue weighted by Gasteiger charge is -2.30. The molecule has 0 bridgehead atoms. The molecule has 23 heavy (non-hydrogen) atoms. The van der Waals surface area contributed by atoms with Crippen LogP contribution in [0.2, 0.25) is 0 Å². The van der Waals surface area contributed by atoms with Crippen molar-refractivity contribution in [2.75, 3.05) is 13.1 Å². The molecular weight excluding hydrogens is 304 g/mol. The number of piperidine rings is 1. The second kappa shape index (κ2) is 7.55. The Bertz CT molecular complexity index is 656. The summed E-state index contributed by atoms with van der Waals surface area (Å²) in [5.74, 6) is 0.658. The molecule has 2 aromatic rings. The summed E-state index contributed by atoms with van der Waals surface area (Å²) in [6.07, 6.45) is 6.58. The smallest absolute Gasteiger partial charge is 0.246 e. The average molecular weight is 326 g/mol. The third-order valence-electron chi connectivity index (χ3n) is 4.43. The molecular formula is C19H22N2OS. The van der Waals surface area contributed by atoms with Crippen LogP contribution in [-0.2, 0) is 4.79 Å². The van der Waals surface area contributed by atoms with Gasteiger partial charge in [-0.3, -0.25) is 4.79 Å². The molecule has 1 aliphatic rings. The van der Waals surface area contributed by atoms with Gasteiger partial charge in [0.1, 0.15) is 0 Å². The SMILES string of the molecule is CC/C(=C\C(=O)N1CCC(c2nccs2)CC1)c1ccccc1. The van der Waals surface area contributed by atoms with Crippen molar-refractivity contribution in [2.45, 2.75) is 32.1 Å². The first kappa shape index (κ1) is 15.9. The van der Waals surface area contributed by atoms with E-state index in [-0.39, 0.29) is 5.91 Å². The molecule has 1 fully saturated rings. The number of hydrogen-bond acceptors (Lipinski definition) is 3. The summed E-state index contributed by atoms with van der Waals surface area (Å²) < 4.78 is 0. The normalized spacial score (nSPS) is 16.6. The number of benzene rings is 1. The molecule has 1 aliphatic heterocycles. The number of hydrogen-bond donors (Lipinski definition) is 0. The fourth-order valence-corrected chi connectivity index (χ4v) is 3.88. The Balaban J connectivity index is 1.64. The Kier molecular flexibility index (Phi) is 5.23. The van der Waals surface area contributed by atoms with E-state index in [4.69, 9.17) is 0 Å². The first-order valence-corrected chi connectivity index (χ1v) is 9.10. The molecule has 0 N–H and O–H groups in total. The summed E-state index contributed by atoms with van der Waals surface area (Å²) >= 11 is 1.72. The van der Waals surface area contributed by atoms with Gasteiger partial charge in [0, 0.05) is 36.7 Å². The number of likely N-dealkylation sites (tertiary alicyclic amines) is 1. The van der Waals surface area contributed by atoms with E-state index in [2.05, 4.69) is 24.0 Å². The van der Waals surface area contributed by atoms with Gasteiger partial charge in [0.15, 0.2) is 0 Å². The van der Waals surface area contributed by atoms with Crippen molar-refractivity contribution >= 4 is 22.8 Å². The standard InChI is InChI=1S/C19H22N2OS/c1-2-15(16-6-4-3-5-7-16)14-18(22)21-11-8-17(9-12-21)19-20-10-13-23-19/h3-7,10,13-14,17H,2,8-9,11-12H2,1H3/b15-14+. The lowest BCUT2D eigenvalue weighted by Crippen LogP contribution is -2.37. The van der Waals surface area contributed by atoms with E-state index < -0.39 is 0 Å². The molecule has 1 aromatic heterocycles. The van der Waals surface area contributed by atoms with Crippen LogP contribution in [0.15, 0.2) is 48.0 Å². The minimum atomic E-state index is 0.142. The molecule has 1 aromatic carbocycles. The number of rotatable bonds is 4. The zero-order chi connectivity index (χ0) is 16.1. The van der Waals surface area contributed by atoms with Crippen molar-refractivity contribution in [3.63, 3.8) is 0 Å². The summed E-state index contributed by atoms with van der Waals surface area (Å²) in [5, 5.41) is 3.24. The fourth-order valence-electron chi connectivity index (χ4n) is 3.07. The number of allylic oxidation sites excluding steroid dienone is 1. The highest BCUT2D eigenvalue weighted by Crippen LogP contribution is 2.29. The van der Waals surface area contributed by atoms with E-state index >= 15 is 0 Å². The molecule has 1 saturated heterocycles. The van der Waals surface area contributed by atoms with E-state index in [0.717, 1.165) is 43.5 Å². The Hall–Kier alpha value is -1.94. The van der Waals surface area contributed by atoms with Crippen LogP contribution >= 0.6 is 11.3 Å². The highest BCUT2D eigenvalue weighted by molar-refractivity contribution is 7.09. The van der Waals surface area contributed by atoms with Crippen molar-refractivity contribution in [1.29, 1.82) is 0 Å². The van der Waals surface area contributed by atoms with Crippen molar-refractivity contribution in [3.05, 3.63) is 58.6 Å². The Morgan fingerprint density at radius 2 is 2.04 bits per heavy atom. The molecule has 0 saturated carbocycles. The molecule has 0 atom stereocenters. The van der Waals surface area contributed by atoms with Crippen LogP contribution in [0.3, 0.4) is 0 Å². The summed E-state index contributed by atoms with van der Waals surface area (Å²) in [4.78, 5) is 19.0. The zero-order valence-electron chi connectivity index (χ0n) is 13.4. The van der Waals surface area contributed by atoms with Crippen LogP contribution in [0, 0.1) is 0 Å². The monoisotopic (exact) mass is 326 g/mol.